The van der Waals surface area contributed by atoms with Crippen LogP contribution in [0.5, 0.6) is 11.5 Å². The number of ether oxygens (including phenoxy) is 2. The lowest BCUT2D eigenvalue weighted by Crippen LogP contribution is -2.28. The molecule has 0 bridgehead atoms. The van der Waals surface area contributed by atoms with E-state index in [2.05, 4.69) is 5.32 Å². The standard InChI is InChI=1S/C18H19Cl2NO3/c1-4-15(11-5-8-16(23-2)17(9-11)24-3)21-18(22)13-7-6-12(19)10-14(13)20/h5-10,15H,4H2,1-3H3,(H,21,22). The van der Waals surface area contributed by atoms with Gasteiger partial charge in [0.1, 0.15) is 0 Å². The maximum atomic E-state index is 12.5. The largest absolute Gasteiger partial charge is 0.493 e. The van der Waals surface area contributed by atoms with E-state index in [4.69, 9.17) is 32.7 Å². The fraction of sp³-hybridized carbons (Fsp3) is 0.278. The number of methoxy groups -OCH3 is 2. The van der Waals surface area contributed by atoms with Crippen molar-refractivity contribution in [2.24, 2.45) is 0 Å². The molecule has 2 rings (SSSR count). The smallest absolute Gasteiger partial charge is 0.253 e. The molecule has 24 heavy (non-hydrogen) atoms. The van der Waals surface area contributed by atoms with E-state index >= 15 is 0 Å². The van der Waals surface area contributed by atoms with Crippen LogP contribution in [0.25, 0.3) is 0 Å². The van der Waals surface area contributed by atoms with Crippen LogP contribution < -0.4 is 14.8 Å². The van der Waals surface area contributed by atoms with Gasteiger partial charge in [0.2, 0.25) is 0 Å². The van der Waals surface area contributed by atoms with E-state index in [0.29, 0.717) is 33.5 Å². The third-order valence-corrected chi connectivity index (χ3v) is 4.25. The number of benzene rings is 2. The Hall–Kier alpha value is -1.91. The lowest BCUT2D eigenvalue weighted by Gasteiger charge is -2.19. The summed E-state index contributed by atoms with van der Waals surface area (Å²) in [5.74, 6) is 1.01. The van der Waals surface area contributed by atoms with Crippen molar-refractivity contribution in [2.45, 2.75) is 19.4 Å². The molecule has 1 atom stereocenters. The van der Waals surface area contributed by atoms with E-state index in [1.54, 1.807) is 32.4 Å². The van der Waals surface area contributed by atoms with Crippen molar-refractivity contribution in [2.75, 3.05) is 14.2 Å². The van der Waals surface area contributed by atoms with E-state index in [-0.39, 0.29) is 11.9 Å². The molecule has 0 aliphatic carbocycles. The van der Waals surface area contributed by atoms with Gasteiger partial charge in [-0.1, -0.05) is 36.2 Å². The van der Waals surface area contributed by atoms with Gasteiger partial charge in [0.25, 0.3) is 5.91 Å². The molecular formula is C18H19Cl2NO3. The lowest BCUT2D eigenvalue weighted by molar-refractivity contribution is 0.0935. The highest BCUT2D eigenvalue weighted by atomic mass is 35.5. The minimum atomic E-state index is -0.252. The van der Waals surface area contributed by atoms with Crippen LogP contribution in [0, 0.1) is 0 Å². The first-order valence-electron chi connectivity index (χ1n) is 7.48. The fourth-order valence-corrected chi connectivity index (χ4v) is 2.89. The van der Waals surface area contributed by atoms with Crippen LogP contribution in [-0.2, 0) is 0 Å². The number of carbonyl (C=O) groups is 1. The first-order valence-corrected chi connectivity index (χ1v) is 8.23. The molecule has 0 aromatic heterocycles. The molecular weight excluding hydrogens is 349 g/mol. The summed E-state index contributed by atoms with van der Waals surface area (Å²) in [5.41, 5.74) is 1.31. The van der Waals surface area contributed by atoms with E-state index in [9.17, 15) is 4.79 Å². The Morgan fingerprint density at radius 3 is 2.38 bits per heavy atom. The Balaban J connectivity index is 2.24. The second kappa shape index (κ2) is 8.27. The molecule has 0 aliphatic rings. The SMILES string of the molecule is CCC(NC(=O)c1ccc(Cl)cc1Cl)c1ccc(OC)c(OC)c1. The Bertz CT molecular complexity index is 734. The van der Waals surface area contributed by atoms with Crippen molar-refractivity contribution >= 4 is 29.1 Å². The van der Waals surface area contributed by atoms with E-state index < -0.39 is 0 Å². The zero-order valence-electron chi connectivity index (χ0n) is 13.7. The fourth-order valence-electron chi connectivity index (χ4n) is 2.40. The highest BCUT2D eigenvalue weighted by Gasteiger charge is 2.18. The summed E-state index contributed by atoms with van der Waals surface area (Å²) in [5, 5.41) is 3.80. The average Bonchev–Trinajstić information content (AvgIpc) is 2.58. The van der Waals surface area contributed by atoms with Crippen LogP contribution >= 0.6 is 23.2 Å². The molecule has 0 saturated heterocycles. The molecule has 128 valence electrons. The molecule has 0 radical (unpaired) electrons. The van der Waals surface area contributed by atoms with Crippen LogP contribution in [0.1, 0.15) is 35.3 Å². The summed E-state index contributed by atoms with van der Waals surface area (Å²) in [6.07, 6.45) is 0.715. The van der Waals surface area contributed by atoms with Gasteiger partial charge >= 0.3 is 0 Å². The highest BCUT2D eigenvalue weighted by molar-refractivity contribution is 6.36. The van der Waals surface area contributed by atoms with Crippen molar-refractivity contribution in [3.63, 3.8) is 0 Å². The first kappa shape index (κ1) is 18.4. The van der Waals surface area contributed by atoms with Crippen molar-refractivity contribution in [3.05, 3.63) is 57.6 Å². The van der Waals surface area contributed by atoms with Crippen LogP contribution in [0.4, 0.5) is 0 Å². The topological polar surface area (TPSA) is 47.6 Å². The van der Waals surface area contributed by atoms with Gasteiger partial charge in [-0.15, -0.1) is 0 Å². The van der Waals surface area contributed by atoms with Crippen molar-refractivity contribution in [3.8, 4) is 11.5 Å². The molecule has 0 heterocycles. The Morgan fingerprint density at radius 1 is 1.08 bits per heavy atom. The van der Waals surface area contributed by atoms with Crippen molar-refractivity contribution in [1.29, 1.82) is 0 Å². The number of hydrogen-bond donors (Lipinski definition) is 1. The second-order valence-corrected chi connectivity index (χ2v) is 6.02. The minimum Gasteiger partial charge on any atom is -0.493 e. The number of carbonyl (C=O) groups excluding carboxylic acids is 1. The van der Waals surface area contributed by atoms with Crippen LogP contribution in [-0.4, -0.2) is 20.1 Å². The van der Waals surface area contributed by atoms with Crippen molar-refractivity contribution < 1.29 is 14.3 Å². The van der Waals surface area contributed by atoms with E-state index in [1.165, 1.54) is 0 Å². The van der Waals surface area contributed by atoms with Gasteiger partial charge in [-0.25, -0.2) is 0 Å². The normalized spacial score (nSPS) is 11.7. The van der Waals surface area contributed by atoms with E-state index in [1.807, 2.05) is 25.1 Å². The zero-order chi connectivity index (χ0) is 17.7. The molecule has 1 amide bonds. The number of rotatable bonds is 6. The van der Waals surface area contributed by atoms with Crippen LogP contribution in [0.2, 0.25) is 10.0 Å². The quantitative estimate of drug-likeness (QED) is 0.790. The summed E-state index contributed by atoms with van der Waals surface area (Å²) >= 11 is 12.0. The van der Waals surface area contributed by atoms with Crippen LogP contribution in [0.3, 0.4) is 0 Å². The Kier molecular flexibility index (Phi) is 6.35. The average molecular weight is 368 g/mol. The number of halogens is 2. The maximum Gasteiger partial charge on any atom is 0.253 e. The van der Waals surface area contributed by atoms with Crippen molar-refractivity contribution in [1.82, 2.24) is 5.32 Å². The predicted octanol–water partition coefficient (Wildman–Crippen LogP) is 4.89. The zero-order valence-corrected chi connectivity index (χ0v) is 15.2. The Morgan fingerprint density at radius 2 is 1.79 bits per heavy atom. The molecule has 0 saturated carbocycles. The van der Waals surface area contributed by atoms with Gasteiger partial charge in [-0.05, 0) is 42.3 Å². The number of hydrogen-bond acceptors (Lipinski definition) is 3. The summed E-state index contributed by atoms with van der Waals surface area (Å²) in [4.78, 5) is 12.5. The van der Waals surface area contributed by atoms with Gasteiger partial charge in [0.15, 0.2) is 11.5 Å². The summed E-state index contributed by atoms with van der Waals surface area (Å²) in [6.45, 7) is 1.99. The van der Waals surface area contributed by atoms with Gasteiger partial charge < -0.3 is 14.8 Å². The molecule has 1 N–H and O–H groups in total. The van der Waals surface area contributed by atoms with Gasteiger partial charge in [-0.2, -0.15) is 0 Å². The van der Waals surface area contributed by atoms with E-state index in [0.717, 1.165) is 5.56 Å². The third kappa shape index (κ3) is 4.13. The summed E-state index contributed by atoms with van der Waals surface area (Å²) < 4.78 is 10.6. The Labute approximate surface area is 151 Å². The maximum absolute atomic E-state index is 12.5. The molecule has 0 aliphatic heterocycles. The number of amides is 1. The van der Waals surface area contributed by atoms with Gasteiger partial charge in [0.05, 0.1) is 30.8 Å². The first-order chi connectivity index (χ1) is 11.5. The molecule has 1 unspecified atom stereocenters. The molecule has 6 heteroatoms. The van der Waals surface area contributed by atoms with Gasteiger partial charge in [0, 0.05) is 5.02 Å². The lowest BCUT2D eigenvalue weighted by atomic mass is 10.0. The monoisotopic (exact) mass is 367 g/mol. The summed E-state index contributed by atoms with van der Waals surface area (Å²) in [7, 11) is 3.16. The van der Waals surface area contributed by atoms with Gasteiger partial charge in [-0.3, -0.25) is 4.79 Å². The predicted molar refractivity (Wildman–Crippen MR) is 96.5 cm³/mol. The minimum absolute atomic E-state index is 0.177. The molecule has 0 spiro atoms. The summed E-state index contributed by atoms with van der Waals surface area (Å²) in [6, 6.07) is 10.2. The molecule has 4 nitrogen and oxygen atoms in total. The molecule has 2 aromatic carbocycles. The molecule has 2 aromatic rings. The second-order valence-electron chi connectivity index (χ2n) is 5.17. The third-order valence-electron chi connectivity index (χ3n) is 3.70. The van der Waals surface area contributed by atoms with Crippen LogP contribution in [0.15, 0.2) is 36.4 Å². The number of nitrogens with one attached hydrogen (secondary N) is 1. The molecule has 0 fully saturated rings. The highest BCUT2D eigenvalue weighted by Crippen LogP contribution is 2.31.